The number of hydrogen-bond acceptors (Lipinski definition) is 4. The summed E-state index contributed by atoms with van der Waals surface area (Å²) >= 11 is 0. The van der Waals surface area contributed by atoms with Crippen LogP contribution in [0.4, 0.5) is 0 Å². The van der Waals surface area contributed by atoms with Gasteiger partial charge in [0.15, 0.2) is 0 Å². The molecule has 1 saturated heterocycles. The second kappa shape index (κ2) is 11.1. The molecule has 0 aromatic heterocycles. The number of carbonyl (C=O) groups excluding carboxylic acids is 3. The van der Waals surface area contributed by atoms with Crippen molar-refractivity contribution >= 4 is 17.7 Å². The van der Waals surface area contributed by atoms with E-state index in [4.69, 9.17) is 5.11 Å². The predicted octanol–water partition coefficient (Wildman–Crippen LogP) is 2.25. The van der Waals surface area contributed by atoms with Crippen LogP contribution in [0.3, 0.4) is 0 Å². The van der Waals surface area contributed by atoms with Crippen LogP contribution in [-0.2, 0) is 14.4 Å². The van der Waals surface area contributed by atoms with Gasteiger partial charge in [-0.15, -0.1) is 0 Å². The van der Waals surface area contributed by atoms with E-state index in [9.17, 15) is 14.4 Å². The van der Waals surface area contributed by atoms with Crippen molar-refractivity contribution in [3.05, 3.63) is 12.2 Å². The molecule has 0 saturated carbocycles. The number of allylic oxidation sites excluding steroid dienone is 1. The van der Waals surface area contributed by atoms with Crippen molar-refractivity contribution < 1.29 is 19.5 Å². The maximum atomic E-state index is 13.6. The van der Waals surface area contributed by atoms with E-state index in [1.807, 2.05) is 26.8 Å². The van der Waals surface area contributed by atoms with E-state index in [1.165, 1.54) is 0 Å². The Morgan fingerprint density at radius 3 is 2.35 bits per heavy atom. The molecular formula is C24H41N3O4. The van der Waals surface area contributed by atoms with Crippen molar-refractivity contribution in [2.45, 2.75) is 77.8 Å². The van der Waals surface area contributed by atoms with E-state index < -0.39 is 23.4 Å². The molecule has 0 radical (unpaired) electrons. The molecule has 3 amide bonds. The SMILES string of the molecule is CCC[C@@H]1C=C[C@H]2[C@H](C(=O)N(CCCCCCO)[C@@H]2C(=O)NC(C)(C)C)[C@@H]1C(=O)NC. The number of aliphatic hydroxyl groups excluding tert-OH is 1. The van der Waals surface area contributed by atoms with Crippen molar-refractivity contribution in [3.8, 4) is 0 Å². The van der Waals surface area contributed by atoms with Crippen LogP contribution in [-0.4, -0.2) is 59.5 Å². The number of aliphatic hydroxyl groups is 1. The van der Waals surface area contributed by atoms with Gasteiger partial charge in [-0.05, 0) is 46.0 Å². The second-order valence-electron chi connectivity index (χ2n) is 9.93. The van der Waals surface area contributed by atoms with Crippen molar-refractivity contribution in [2.24, 2.45) is 23.7 Å². The number of unbranched alkanes of at least 4 members (excludes halogenated alkanes) is 3. The highest BCUT2D eigenvalue weighted by molar-refractivity contribution is 5.96. The molecule has 1 aliphatic carbocycles. The minimum Gasteiger partial charge on any atom is -0.396 e. The first-order chi connectivity index (χ1) is 14.7. The monoisotopic (exact) mass is 435 g/mol. The van der Waals surface area contributed by atoms with Gasteiger partial charge in [-0.2, -0.15) is 0 Å². The molecule has 1 heterocycles. The summed E-state index contributed by atoms with van der Waals surface area (Å²) in [5.41, 5.74) is -0.408. The molecule has 1 fully saturated rings. The first-order valence-corrected chi connectivity index (χ1v) is 11.8. The lowest BCUT2D eigenvalue weighted by Crippen LogP contribution is -2.52. The van der Waals surface area contributed by atoms with E-state index in [2.05, 4.69) is 23.6 Å². The number of likely N-dealkylation sites (tertiary alicyclic amines) is 1. The van der Waals surface area contributed by atoms with Gasteiger partial charge in [-0.25, -0.2) is 0 Å². The summed E-state index contributed by atoms with van der Waals surface area (Å²) < 4.78 is 0. The van der Waals surface area contributed by atoms with E-state index in [-0.39, 0.29) is 36.2 Å². The van der Waals surface area contributed by atoms with Crippen molar-refractivity contribution in [2.75, 3.05) is 20.2 Å². The molecule has 0 unspecified atom stereocenters. The van der Waals surface area contributed by atoms with Gasteiger partial charge in [-0.3, -0.25) is 14.4 Å². The first-order valence-electron chi connectivity index (χ1n) is 11.8. The summed E-state index contributed by atoms with van der Waals surface area (Å²) in [7, 11) is 1.61. The lowest BCUT2D eigenvalue weighted by molar-refractivity contribution is -0.141. The topological polar surface area (TPSA) is 98.7 Å². The number of nitrogens with one attached hydrogen (secondary N) is 2. The molecule has 7 nitrogen and oxygen atoms in total. The normalized spacial score (nSPS) is 27.9. The minimum atomic E-state index is -0.597. The van der Waals surface area contributed by atoms with E-state index in [1.54, 1.807) is 11.9 Å². The van der Waals surface area contributed by atoms with Crippen molar-refractivity contribution in [1.29, 1.82) is 0 Å². The van der Waals surface area contributed by atoms with E-state index in [0.717, 1.165) is 38.5 Å². The Kier molecular flexibility index (Phi) is 9.10. The van der Waals surface area contributed by atoms with Crippen LogP contribution in [0.2, 0.25) is 0 Å². The number of hydrogen-bond donors (Lipinski definition) is 3. The summed E-state index contributed by atoms with van der Waals surface area (Å²) in [5, 5.41) is 14.8. The number of rotatable bonds is 10. The Hall–Kier alpha value is -1.89. The smallest absolute Gasteiger partial charge is 0.243 e. The third kappa shape index (κ3) is 6.09. The van der Waals surface area contributed by atoms with E-state index in [0.29, 0.717) is 6.54 Å². The summed E-state index contributed by atoms with van der Waals surface area (Å²) in [6, 6.07) is -0.597. The fraction of sp³-hybridized carbons (Fsp3) is 0.792. The summed E-state index contributed by atoms with van der Waals surface area (Å²) in [4.78, 5) is 41.5. The molecule has 0 spiro atoms. The standard InChI is InChI=1S/C24H41N3O4/c1-6-11-16-12-13-17-19(18(16)21(29)25-5)23(31)27(14-9-7-8-10-15-28)20(17)22(30)26-24(2,3)4/h12-13,16-20,28H,6-11,14-15H2,1-5H3,(H,25,29)(H,26,30)/t16-,17+,18-,19+,20+/m1/s1. The molecule has 2 aliphatic rings. The van der Waals surface area contributed by atoms with Gasteiger partial charge in [-0.1, -0.05) is 38.3 Å². The molecule has 176 valence electrons. The zero-order valence-corrected chi connectivity index (χ0v) is 19.8. The number of nitrogens with zero attached hydrogens (tertiary/aromatic N) is 1. The molecule has 31 heavy (non-hydrogen) atoms. The van der Waals surface area contributed by atoms with Crippen LogP contribution < -0.4 is 10.6 Å². The summed E-state index contributed by atoms with van der Waals surface area (Å²) in [6.45, 7) is 8.53. The fourth-order valence-corrected chi connectivity index (χ4v) is 5.06. The van der Waals surface area contributed by atoms with Gasteiger partial charge >= 0.3 is 0 Å². The Bertz CT molecular complexity index is 670. The van der Waals surface area contributed by atoms with Gasteiger partial charge in [0.05, 0.1) is 11.8 Å². The highest BCUT2D eigenvalue weighted by atomic mass is 16.3. The van der Waals surface area contributed by atoms with Gasteiger partial charge in [0.25, 0.3) is 0 Å². The molecule has 7 heteroatoms. The van der Waals surface area contributed by atoms with Crippen LogP contribution in [0.15, 0.2) is 12.2 Å². The molecule has 3 N–H and O–H groups in total. The zero-order chi connectivity index (χ0) is 23.2. The van der Waals surface area contributed by atoms with Gasteiger partial charge in [0.1, 0.15) is 6.04 Å². The molecule has 0 aromatic carbocycles. The molecule has 5 atom stereocenters. The first kappa shape index (κ1) is 25.4. The largest absolute Gasteiger partial charge is 0.396 e. The quantitative estimate of drug-likeness (QED) is 0.362. The fourth-order valence-electron chi connectivity index (χ4n) is 5.06. The maximum absolute atomic E-state index is 13.6. The van der Waals surface area contributed by atoms with E-state index >= 15 is 0 Å². The Labute approximate surface area is 187 Å². The van der Waals surface area contributed by atoms with Crippen LogP contribution in [0.5, 0.6) is 0 Å². The minimum absolute atomic E-state index is 0.00554. The highest BCUT2D eigenvalue weighted by Gasteiger charge is 2.56. The lowest BCUT2D eigenvalue weighted by atomic mass is 9.68. The van der Waals surface area contributed by atoms with Crippen LogP contribution in [0, 0.1) is 23.7 Å². The number of amides is 3. The van der Waals surface area contributed by atoms with Crippen molar-refractivity contribution in [3.63, 3.8) is 0 Å². The molecular weight excluding hydrogens is 394 g/mol. The Morgan fingerprint density at radius 1 is 1.10 bits per heavy atom. The Balaban J connectivity index is 2.34. The summed E-state index contributed by atoms with van der Waals surface area (Å²) in [5.74, 6) is -1.61. The summed E-state index contributed by atoms with van der Waals surface area (Å²) in [6.07, 6.45) is 9.14. The highest BCUT2D eigenvalue weighted by Crippen LogP contribution is 2.45. The predicted molar refractivity (Wildman–Crippen MR) is 121 cm³/mol. The third-order valence-corrected chi connectivity index (χ3v) is 6.36. The van der Waals surface area contributed by atoms with Crippen molar-refractivity contribution in [1.82, 2.24) is 15.5 Å². The maximum Gasteiger partial charge on any atom is 0.243 e. The lowest BCUT2D eigenvalue weighted by Gasteiger charge is -2.34. The molecule has 1 aliphatic heterocycles. The van der Waals surface area contributed by atoms with Crippen LogP contribution >= 0.6 is 0 Å². The van der Waals surface area contributed by atoms with Gasteiger partial charge in [0.2, 0.25) is 17.7 Å². The average molecular weight is 436 g/mol. The number of carbonyl (C=O) groups is 3. The second-order valence-corrected chi connectivity index (χ2v) is 9.93. The molecule has 0 aromatic rings. The zero-order valence-electron chi connectivity index (χ0n) is 19.8. The van der Waals surface area contributed by atoms with Crippen LogP contribution in [0.1, 0.15) is 66.2 Å². The number of fused-ring (bicyclic) bond motifs is 1. The third-order valence-electron chi connectivity index (χ3n) is 6.36. The molecule has 0 bridgehead atoms. The molecule has 2 rings (SSSR count). The Morgan fingerprint density at radius 2 is 1.77 bits per heavy atom. The van der Waals surface area contributed by atoms with Gasteiger partial charge in [0, 0.05) is 31.7 Å². The van der Waals surface area contributed by atoms with Gasteiger partial charge < -0.3 is 20.6 Å². The average Bonchev–Trinajstić information content (AvgIpc) is 2.98. The van der Waals surface area contributed by atoms with Crippen LogP contribution in [0.25, 0.3) is 0 Å².